The molecule has 0 aliphatic rings. The standard InChI is InChI=1S/C12H16F6N2S/c1-3-4-19-9(5-8-6-21-7(2)20-8)10(11(13,14)15)12(16,17)18/h6,9-10,19H,3-5H2,1-2H3. The molecular formula is C12H16F6N2S. The molecular weight excluding hydrogens is 318 g/mol. The Morgan fingerprint density at radius 2 is 1.76 bits per heavy atom. The van der Waals surface area contributed by atoms with E-state index in [4.69, 9.17) is 0 Å². The summed E-state index contributed by atoms with van der Waals surface area (Å²) < 4.78 is 76.9. The normalized spacial score (nSPS) is 14.7. The monoisotopic (exact) mass is 334 g/mol. The van der Waals surface area contributed by atoms with Crippen molar-refractivity contribution >= 4 is 11.3 Å². The van der Waals surface area contributed by atoms with E-state index in [1.807, 2.05) is 0 Å². The van der Waals surface area contributed by atoms with Crippen LogP contribution in [0.5, 0.6) is 0 Å². The van der Waals surface area contributed by atoms with Gasteiger partial charge in [-0.05, 0) is 19.9 Å². The van der Waals surface area contributed by atoms with E-state index in [2.05, 4.69) is 10.3 Å². The maximum absolute atomic E-state index is 12.8. The Morgan fingerprint density at radius 3 is 2.14 bits per heavy atom. The first kappa shape index (κ1) is 18.2. The maximum atomic E-state index is 12.8. The van der Waals surface area contributed by atoms with Crippen LogP contribution in [-0.2, 0) is 6.42 Å². The molecule has 0 amide bonds. The Labute approximate surface area is 122 Å². The second kappa shape index (κ2) is 6.95. The number of alkyl halides is 6. The van der Waals surface area contributed by atoms with Gasteiger partial charge in [0.2, 0.25) is 0 Å². The summed E-state index contributed by atoms with van der Waals surface area (Å²) in [4.78, 5) is 3.95. The molecule has 0 aromatic carbocycles. The summed E-state index contributed by atoms with van der Waals surface area (Å²) in [6.07, 6.45) is -10.7. The number of hydrogen-bond acceptors (Lipinski definition) is 3. The predicted molar refractivity (Wildman–Crippen MR) is 68.2 cm³/mol. The number of aromatic nitrogens is 1. The number of halogens is 6. The van der Waals surface area contributed by atoms with Crippen LogP contribution >= 0.6 is 11.3 Å². The van der Waals surface area contributed by atoms with E-state index in [1.165, 1.54) is 16.7 Å². The van der Waals surface area contributed by atoms with E-state index in [1.54, 1.807) is 13.8 Å². The quantitative estimate of drug-likeness (QED) is 0.792. The molecule has 1 aromatic rings. The van der Waals surface area contributed by atoms with Crippen molar-refractivity contribution in [1.29, 1.82) is 0 Å². The minimum absolute atomic E-state index is 0.0798. The minimum atomic E-state index is -5.35. The van der Waals surface area contributed by atoms with E-state index in [9.17, 15) is 26.3 Å². The van der Waals surface area contributed by atoms with Crippen LogP contribution in [0, 0.1) is 12.8 Å². The average molecular weight is 334 g/mol. The zero-order valence-corrected chi connectivity index (χ0v) is 12.3. The van der Waals surface area contributed by atoms with Gasteiger partial charge in [0, 0.05) is 17.8 Å². The molecule has 1 unspecified atom stereocenters. The van der Waals surface area contributed by atoms with Crippen molar-refractivity contribution in [3.05, 3.63) is 16.1 Å². The van der Waals surface area contributed by atoms with Crippen LogP contribution in [0.25, 0.3) is 0 Å². The van der Waals surface area contributed by atoms with Crippen molar-refractivity contribution < 1.29 is 26.3 Å². The largest absolute Gasteiger partial charge is 0.402 e. The minimum Gasteiger partial charge on any atom is -0.313 e. The molecule has 9 heteroatoms. The second-order valence-electron chi connectivity index (χ2n) is 4.68. The molecule has 1 rings (SSSR count). The summed E-state index contributed by atoms with van der Waals surface area (Å²) in [5.74, 6) is -3.40. The summed E-state index contributed by atoms with van der Waals surface area (Å²) in [6.45, 7) is 3.40. The van der Waals surface area contributed by atoms with E-state index in [-0.39, 0.29) is 12.2 Å². The highest BCUT2D eigenvalue weighted by molar-refractivity contribution is 7.09. The summed E-state index contributed by atoms with van der Waals surface area (Å²) in [6, 6.07) is -1.77. The first-order valence-electron chi connectivity index (χ1n) is 6.33. The molecule has 0 saturated carbocycles. The molecule has 1 N–H and O–H groups in total. The number of nitrogens with one attached hydrogen (secondary N) is 1. The lowest BCUT2D eigenvalue weighted by Gasteiger charge is -2.31. The van der Waals surface area contributed by atoms with Crippen molar-refractivity contribution in [3.63, 3.8) is 0 Å². The van der Waals surface area contributed by atoms with Crippen molar-refractivity contribution in [2.45, 2.75) is 45.1 Å². The van der Waals surface area contributed by atoms with Crippen molar-refractivity contribution in [2.24, 2.45) is 5.92 Å². The number of rotatable bonds is 6. The van der Waals surface area contributed by atoms with E-state index >= 15 is 0 Å². The highest BCUT2D eigenvalue weighted by Crippen LogP contribution is 2.42. The van der Waals surface area contributed by atoms with Gasteiger partial charge in [-0.25, -0.2) is 4.98 Å². The van der Waals surface area contributed by atoms with E-state index < -0.39 is 30.7 Å². The lowest BCUT2D eigenvalue weighted by molar-refractivity contribution is -0.291. The Kier molecular flexibility index (Phi) is 6.03. The fourth-order valence-electron chi connectivity index (χ4n) is 2.01. The van der Waals surface area contributed by atoms with Crippen LogP contribution in [0.4, 0.5) is 26.3 Å². The van der Waals surface area contributed by atoms with Crippen LogP contribution < -0.4 is 5.32 Å². The third kappa shape index (κ3) is 5.46. The first-order chi connectivity index (χ1) is 9.55. The van der Waals surface area contributed by atoms with Gasteiger partial charge in [-0.3, -0.25) is 0 Å². The number of aryl methyl sites for hydroxylation is 1. The van der Waals surface area contributed by atoms with E-state index in [0.29, 0.717) is 11.4 Å². The molecule has 1 aromatic heterocycles. The first-order valence-corrected chi connectivity index (χ1v) is 7.21. The van der Waals surface area contributed by atoms with Gasteiger partial charge in [-0.1, -0.05) is 6.92 Å². The third-order valence-corrected chi connectivity index (χ3v) is 3.68. The zero-order valence-electron chi connectivity index (χ0n) is 11.5. The molecule has 0 spiro atoms. The molecule has 122 valence electrons. The van der Waals surface area contributed by atoms with Crippen LogP contribution in [-0.4, -0.2) is 29.9 Å². The molecule has 0 aliphatic heterocycles. The molecule has 0 saturated heterocycles. The smallest absolute Gasteiger partial charge is 0.313 e. The highest BCUT2D eigenvalue weighted by Gasteiger charge is 2.60. The predicted octanol–water partition coefficient (Wildman–Crippen LogP) is 4.10. The fourth-order valence-corrected chi connectivity index (χ4v) is 2.63. The van der Waals surface area contributed by atoms with Crippen LogP contribution in [0.15, 0.2) is 5.38 Å². The fraction of sp³-hybridized carbons (Fsp3) is 0.750. The van der Waals surface area contributed by atoms with Crippen molar-refractivity contribution in [3.8, 4) is 0 Å². The van der Waals surface area contributed by atoms with Crippen molar-refractivity contribution in [2.75, 3.05) is 6.54 Å². The van der Waals surface area contributed by atoms with Crippen LogP contribution in [0.1, 0.15) is 24.0 Å². The Balaban J connectivity index is 3.02. The van der Waals surface area contributed by atoms with Gasteiger partial charge in [-0.15, -0.1) is 11.3 Å². The third-order valence-electron chi connectivity index (χ3n) is 2.86. The number of hydrogen-bond donors (Lipinski definition) is 1. The molecule has 1 heterocycles. The van der Waals surface area contributed by atoms with Gasteiger partial charge in [0.05, 0.1) is 10.7 Å². The SMILES string of the molecule is CCCNC(Cc1csc(C)n1)C(C(F)(F)F)C(F)(F)F. The lowest BCUT2D eigenvalue weighted by Crippen LogP contribution is -2.52. The van der Waals surface area contributed by atoms with Gasteiger partial charge in [-0.2, -0.15) is 26.3 Å². The molecule has 0 aliphatic carbocycles. The Morgan fingerprint density at radius 1 is 1.19 bits per heavy atom. The average Bonchev–Trinajstić information content (AvgIpc) is 2.67. The zero-order chi connectivity index (χ0) is 16.3. The molecule has 1 atom stereocenters. The highest BCUT2D eigenvalue weighted by atomic mass is 32.1. The maximum Gasteiger partial charge on any atom is 0.402 e. The van der Waals surface area contributed by atoms with Gasteiger partial charge < -0.3 is 5.32 Å². The van der Waals surface area contributed by atoms with Crippen LogP contribution in [0.3, 0.4) is 0 Å². The van der Waals surface area contributed by atoms with Gasteiger partial charge >= 0.3 is 12.4 Å². The molecule has 0 fully saturated rings. The summed E-state index contributed by atoms with van der Waals surface area (Å²) in [7, 11) is 0. The van der Waals surface area contributed by atoms with Gasteiger partial charge in [0.15, 0.2) is 5.92 Å². The number of nitrogens with zero attached hydrogens (tertiary/aromatic N) is 1. The van der Waals surface area contributed by atoms with Crippen LogP contribution in [0.2, 0.25) is 0 Å². The molecule has 21 heavy (non-hydrogen) atoms. The topological polar surface area (TPSA) is 24.9 Å². The molecule has 0 bridgehead atoms. The molecule has 0 radical (unpaired) electrons. The van der Waals surface area contributed by atoms with E-state index in [0.717, 1.165) is 0 Å². The lowest BCUT2D eigenvalue weighted by atomic mass is 9.94. The number of thiazole rings is 1. The summed E-state index contributed by atoms with van der Waals surface area (Å²) in [5.41, 5.74) is 0.240. The second-order valence-corrected chi connectivity index (χ2v) is 5.75. The summed E-state index contributed by atoms with van der Waals surface area (Å²) >= 11 is 1.20. The Hall–Kier alpha value is -0.830. The Bertz CT molecular complexity index is 426. The summed E-state index contributed by atoms with van der Waals surface area (Å²) in [5, 5.41) is 4.46. The molecule has 2 nitrogen and oxygen atoms in total. The van der Waals surface area contributed by atoms with Gasteiger partial charge in [0.25, 0.3) is 0 Å². The van der Waals surface area contributed by atoms with Gasteiger partial charge in [0.1, 0.15) is 0 Å². The van der Waals surface area contributed by atoms with Crippen molar-refractivity contribution in [1.82, 2.24) is 10.3 Å².